The Hall–Kier alpha value is -1.63. The van der Waals surface area contributed by atoms with Gasteiger partial charge in [0.05, 0.1) is 14.0 Å². The number of rotatable bonds is 3. The van der Waals surface area contributed by atoms with Gasteiger partial charge in [-0.3, -0.25) is 10.1 Å². The number of carbonyl (C=O) groups is 2. The van der Waals surface area contributed by atoms with Gasteiger partial charge in [-0.05, 0) is 67.8 Å². The van der Waals surface area contributed by atoms with Gasteiger partial charge in [0.2, 0.25) is 0 Å². The molecular weight excluding hydrogens is 447 g/mol. The van der Waals surface area contributed by atoms with E-state index in [1.807, 2.05) is 18.2 Å². The van der Waals surface area contributed by atoms with E-state index in [9.17, 15) is 9.59 Å². The maximum atomic E-state index is 12.0. The van der Waals surface area contributed by atoms with Gasteiger partial charge in [0, 0.05) is 5.69 Å². The molecule has 4 nitrogen and oxygen atoms in total. The summed E-state index contributed by atoms with van der Waals surface area (Å²) in [6.07, 6.45) is 1.87. The van der Waals surface area contributed by atoms with Gasteiger partial charge in [-0.2, -0.15) is 0 Å². The van der Waals surface area contributed by atoms with E-state index in [1.165, 1.54) is 0 Å². The van der Waals surface area contributed by atoms with E-state index in [0.717, 1.165) is 8.96 Å². The first-order chi connectivity index (χ1) is 11.0. The lowest BCUT2D eigenvalue weighted by atomic mass is 10.2. The van der Waals surface area contributed by atoms with Gasteiger partial charge in [-0.1, -0.05) is 35.9 Å². The van der Waals surface area contributed by atoms with E-state index in [4.69, 9.17) is 11.6 Å². The van der Waals surface area contributed by atoms with Crippen molar-refractivity contribution in [2.24, 2.45) is 0 Å². The summed E-state index contributed by atoms with van der Waals surface area (Å²) in [7, 11) is 0. The molecule has 0 saturated carbocycles. The van der Waals surface area contributed by atoms with E-state index >= 15 is 0 Å². The van der Waals surface area contributed by atoms with Crippen LogP contribution in [0.3, 0.4) is 0 Å². The Morgan fingerprint density at radius 2 is 1.65 bits per heavy atom. The Morgan fingerprint density at radius 1 is 1.00 bits per heavy atom. The summed E-state index contributed by atoms with van der Waals surface area (Å²) >= 11 is 12.5. The second kappa shape index (κ2) is 8.29. The van der Waals surface area contributed by atoms with Gasteiger partial charge in [0.1, 0.15) is 0 Å². The summed E-state index contributed by atoms with van der Waals surface area (Å²) in [5, 5.41) is 5.10. The molecule has 2 rings (SSSR count). The lowest BCUT2D eigenvalue weighted by molar-refractivity contribution is 0.0967. The Bertz CT molecular complexity index is 757. The molecule has 0 saturated heterocycles. The van der Waals surface area contributed by atoms with Gasteiger partial charge in [-0.25, -0.2) is 4.79 Å². The van der Waals surface area contributed by atoms with Crippen LogP contribution in [0.25, 0.3) is 6.08 Å². The topological polar surface area (TPSA) is 58.2 Å². The highest BCUT2D eigenvalue weighted by Gasteiger charge is 2.13. The van der Waals surface area contributed by atoms with Crippen molar-refractivity contribution < 1.29 is 9.59 Å². The minimum atomic E-state index is -0.625. The third-order valence-corrected chi connectivity index (χ3v) is 3.58. The summed E-state index contributed by atoms with van der Waals surface area (Å²) < 4.78 is 0.814. The third-order valence-electron chi connectivity index (χ3n) is 2.79. The minimum absolute atomic E-state index is 0.243. The summed E-state index contributed by atoms with van der Waals surface area (Å²) in [5.74, 6) is -0.559. The lowest BCUT2D eigenvalue weighted by Crippen LogP contribution is -2.34. The average molecular weight is 459 g/mol. The van der Waals surface area contributed by atoms with Crippen LogP contribution in [-0.2, 0) is 0 Å². The lowest BCUT2D eigenvalue weighted by Gasteiger charge is -2.08. The highest BCUT2D eigenvalue weighted by Crippen LogP contribution is 2.19. The molecule has 2 N–H and O–H groups in total. The summed E-state index contributed by atoms with van der Waals surface area (Å²) in [6, 6.07) is 13.0. The van der Waals surface area contributed by atoms with Crippen LogP contribution in [0, 0.1) is 0 Å². The van der Waals surface area contributed by atoms with Crippen LogP contribution in [0.15, 0.2) is 51.9 Å². The normalized spacial score (nSPS) is 9.87. The molecular formula is C16H11Br2ClN2O2. The Balaban J connectivity index is 1.98. The number of benzene rings is 2. The van der Waals surface area contributed by atoms with E-state index in [2.05, 4.69) is 42.5 Å². The fourth-order valence-electron chi connectivity index (χ4n) is 1.77. The molecule has 0 unspecified atom stereocenters. The second-order valence-electron chi connectivity index (χ2n) is 4.44. The Labute approximate surface area is 155 Å². The standard InChI is InChI=1S/C16H11Br2ClN2O2/c17-14(18)9-10-5-7-11(8-6-10)20-16(23)21-15(22)12-3-1-2-4-13(12)19/h1-9H,(H2,20,21,22,23). The predicted molar refractivity (Wildman–Crippen MR) is 100 cm³/mol. The zero-order valence-corrected chi connectivity index (χ0v) is 15.6. The SMILES string of the molecule is O=C(NC(=O)c1ccccc1Cl)Nc1ccc(C=C(Br)Br)cc1. The number of hydrogen-bond acceptors (Lipinski definition) is 2. The largest absolute Gasteiger partial charge is 0.326 e. The van der Waals surface area contributed by atoms with Crippen molar-refractivity contribution in [1.29, 1.82) is 0 Å². The number of nitrogens with one attached hydrogen (secondary N) is 2. The van der Waals surface area contributed by atoms with Gasteiger partial charge in [0.25, 0.3) is 5.91 Å². The van der Waals surface area contributed by atoms with Crippen molar-refractivity contribution in [3.05, 3.63) is 68.1 Å². The van der Waals surface area contributed by atoms with Crippen LogP contribution in [0.4, 0.5) is 10.5 Å². The quantitative estimate of drug-likeness (QED) is 0.648. The van der Waals surface area contributed by atoms with Crippen molar-refractivity contribution in [2.45, 2.75) is 0 Å². The molecule has 0 atom stereocenters. The van der Waals surface area contributed by atoms with Crippen molar-refractivity contribution in [3.8, 4) is 0 Å². The van der Waals surface area contributed by atoms with E-state index in [0.29, 0.717) is 5.69 Å². The number of urea groups is 1. The van der Waals surface area contributed by atoms with Crippen molar-refractivity contribution in [2.75, 3.05) is 5.32 Å². The summed E-state index contributed by atoms with van der Waals surface area (Å²) in [4.78, 5) is 23.8. The highest BCUT2D eigenvalue weighted by molar-refractivity contribution is 9.28. The smallest absolute Gasteiger partial charge is 0.308 e. The Morgan fingerprint density at radius 3 is 2.26 bits per heavy atom. The van der Waals surface area contributed by atoms with Gasteiger partial charge < -0.3 is 5.32 Å². The highest BCUT2D eigenvalue weighted by atomic mass is 79.9. The van der Waals surface area contributed by atoms with E-state index in [1.54, 1.807) is 36.4 Å². The molecule has 0 bridgehead atoms. The molecule has 7 heteroatoms. The van der Waals surface area contributed by atoms with Crippen LogP contribution in [0.2, 0.25) is 5.02 Å². The van der Waals surface area contributed by atoms with Crippen LogP contribution in [0.1, 0.15) is 15.9 Å². The molecule has 0 radical (unpaired) electrons. The molecule has 118 valence electrons. The number of imide groups is 1. The molecule has 0 aliphatic carbocycles. The Kier molecular flexibility index (Phi) is 6.38. The minimum Gasteiger partial charge on any atom is -0.308 e. The number of carbonyl (C=O) groups excluding carboxylic acids is 2. The van der Waals surface area contributed by atoms with Crippen LogP contribution < -0.4 is 10.6 Å². The van der Waals surface area contributed by atoms with Gasteiger partial charge in [-0.15, -0.1) is 0 Å². The third kappa shape index (κ3) is 5.49. The van der Waals surface area contributed by atoms with Gasteiger partial charge in [0.15, 0.2) is 0 Å². The maximum Gasteiger partial charge on any atom is 0.326 e. The fourth-order valence-corrected chi connectivity index (χ4v) is 2.52. The molecule has 0 heterocycles. The molecule has 0 fully saturated rings. The maximum absolute atomic E-state index is 12.0. The molecule has 0 aromatic heterocycles. The van der Waals surface area contributed by atoms with E-state index in [-0.39, 0.29) is 10.6 Å². The molecule has 0 aliphatic rings. The zero-order valence-electron chi connectivity index (χ0n) is 11.6. The molecule has 0 spiro atoms. The predicted octanol–water partition coefficient (Wildman–Crippen LogP) is 5.39. The van der Waals surface area contributed by atoms with Crippen LogP contribution in [-0.4, -0.2) is 11.9 Å². The molecule has 2 aromatic rings. The number of halogens is 3. The van der Waals surface area contributed by atoms with Crippen molar-refractivity contribution in [3.63, 3.8) is 0 Å². The number of hydrogen-bond donors (Lipinski definition) is 2. The van der Waals surface area contributed by atoms with Crippen molar-refractivity contribution in [1.82, 2.24) is 5.32 Å². The summed E-state index contributed by atoms with van der Waals surface area (Å²) in [5.41, 5.74) is 1.76. The van der Waals surface area contributed by atoms with Gasteiger partial charge >= 0.3 is 6.03 Å². The van der Waals surface area contributed by atoms with Crippen LogP contribution in [0.5, 0.6) is 0 Å². The summed E-state index contributed by atoms with van der Waals surface area (Å²) in [6.45, 7) is 0. The van der Waals surface area contributed by atoms with Crippen molar-refractivity contribution >= 4 is 67.2 Å². The molecule has 0 aliphatic heterocycles. The monoisotopic (exact) mass is 456 g/mol. The molecule has 3 amide bonds. The average Bonchev–Trinajstić information content (AvgIpc) is 2.49. The second-order valence-corrected chi connectivity index (χ2v) is 7.62. The number of anilines is 1. The van der Waals surface area contributed by atoms with E-state index < -0.39 is 11.9 Å². The first-order valence-corrected chi connectivity index (χ1v) is 8.42. The molecule has 23 heavy (non-hydrogen) atoms. The first-order valence-electron chi connectivity index (χ1n) is 6.45. The fraction of sp³-hybridized carbons (Fsp3) is 0. The zero-order chi connectivity index (χ0) is 16.8. The number of amides is 3. The van der Waals surface area contributed by atoms with Crippen LogP contribution >= 0.6 is 43.5 Å². The first kappa shape index (κ1) is 17.7. The molecule has 2 aromatic carbocycles.